The van der Waals surface area contributed by atoms with E-state index in [-0.39, 0.29) is 0 Å². The van der Waals surface area contributed by atoms with Crippen LogP contribution < -0.4 is 9.64 Å². The van der Waals surface area contributed by atoms with E-state index in [4.69, 9.17) is 9.47 Å². The summed E-state index contributed by atoms with van der Waals surface area (Å²) in [5, 5.41) is 9.60. The fourth-order valence-corrected chi connectivity index (χ4v) is 2.47. The summed E-state index contributed by atoms with van der Waals surface area (Å²) in [5.41, 5.74) is 0.454. The third kappa shape index (κ3) is 5.87. The van der Waals surface area contributed by atoms with E-state index in [1.54, 1.807) is 76.4 Å². The van der Waals surface area contributed by atoms with E-state index in [1.807, 2.05) is 6.07 Å². The maximum atomic E-state index is 12.7. The van der Waals surface area contributed by atoms with Crippen molar-refractivity contribution in [2.24, 2.45) is 0 Å². The lowest BCUT2D eigenvalue weighted by Crippen LogP contribution is -2.33. The van der Waals surface area contributed by atoms with Crippen molar-refractivity contribution in [2.45, 2.75) is 32.3 Å². The van der Waals surface area contributed by atoms with Gasteiger partial charge in [0.15, 0.2) is 0 Å². The van der Waals surface area contributed by atoms with Gasteiger partial charge in [0.25, 0.3) is 0 Å². The predicted octanol–water partition coefficient (Wildman–Crippen LogP) is 4.82. The van der Waals surface area contributed by atoms with Crippen LogP contribution in [0.3, 0.4) is 0 Å². The molecule has 2 rings (SSSR count). The fourth-order valence-electron chi connectivity index (χ4n) is 2.47. The molecule has 6 nitrogen and oxygen atoms in total. The number of ether oxygens (including phenoxy) is 2. The Labute approximate surface area is 165 Å². The number of nitrogens with zero attached hydrogens (tertiary/aromatic N) is 1. The molecule has 0 bridgehead atoms. The zero-order valence-electron chi connectivity index (χ0n) is 16.5. The van der Waals surface area contributed by atoms with Crippen molar-refractivity contribution in [1.82, 2.24) is 0 Å². The van der Waals surface area contributed by atoms with Crippen LogP contribution in [0, 0.1) is 0 Å². The second kappa shape index (κ2) is 9.08. The maximum absolute atomic E-state index is 12.7. The summed E-state index contributed by atoms with van der Waals surface area (Å²) in [6, 6.07) is 15.6. The minimum Gasteiger partial charge on any atom is -0.497 e. The van der Waals surface area contributed by atoms with Crippen molar-refractivity contribution in [2.75, 3.05) is 12.0 Å². The predicted molar refractivity (Wildman–Crippen MR) is 108 cm³/mol. The molecule has 1 amide bonds. The summed E-state index contributed by atoms with van der Waals surface area (Å²) in [6.07, 6.45) is 2.29. The minimum atomic E-state index is -1.01. The number of hydrogen-bond donors (Lipinski definition) is 1. The van der Waals surface area contributed by atoms with Crippen LogP contribution in [0.15, 0.2) is 66.9 Å². The molecule has 0 spiro atoms. The van der Waals surface area contributed by atoms with Crippen LogP contribution in [0.4, 0.5) is 10.5 Å². The van der Waals surface area contributed by atoms with Crippen LogP contribution in [0.2, 0.25) is 0 Å². The van der Waals surface area contributed by atoms with Crippen molar-refractivity contribution in [3.8, 4) is 5.75 Å². The number of carboxylic acids is 1. The highest BCUT2D eigenvalue weighted by atomic mass is 16.6. The van der Waals surface area contributed by atoms with E-state index < -0.39 is 23.6 Å². The highest BCUT2D eigenvalue weighted by Crippen LogP contribution is 2.24. The molecule has 0 radical (unpaired) electrons. The SMILES string of the molecule is COc1ccc(N(/C=C/[C@@H](C(=O)O)c2ccccc2)C(=O)OC(C)(C)C)cc1. The van der Waals surface area contributed by atoms with E-state index in [2.05, 4.69) is 0 Å². The topological polar surface area (TPSA) is 76.1 Å². The van der Waals surface area contributed by atoms with Gasteiger partial charge in [0.2, 0.25) is 0 Å². The van der Waals surface area contributed by atoms with Crippen molar-refractivity contribution in [3.63, 3.8) is 0 Å². The maximum Gasteiger partial charge on any atom is 0.418 e. The van der Waals surface area contributed by atoms with Gasteiger partial charge in [0.05, 0.1) is 12.8 Å². The number of anilines is 1. The van der Waals surface area contributed by atoms with E-state index in [1.165, 1.54) is 17.2 Å². The van der Waals surface area contributed by atoms with E-state index in [9.17, 15) is 14.7 Å². The van der Waals surface area contributed by atoms with Gasteiger partial charge in [-0.15, -0.1) is 0 Å². The summed E-state index contributed by atoms with van der Waals surface area (Å²) in [7, 11) is 1.55. The van der Waals surface area contributed by atoms with E-state index in [0.29, 0.717) is 17.0 Å². The molecule has 0 aromatic heterocycles. The molecule has 6 heteroatoms. The molecule has 0 saturated carbocycles. The average Bonchev–Trinajstić information content (AvgIpc) is 2.64. The van der Waals surface area contributed by atoms with Crippen molar-refractivity contribution in [3.05, 3.63) is 72.4 Å². The monoisotopic (exact) mass is 383 g/mol. The summed E-state index contributed by atoms with van der Waals surface area (Å²) < 4.78 is 10.6. The third-order valence-corrected chi connectivity index (χ3v) is 3.79. The molecule has 1 N–H and O–H groups in total. The molecule has 0 aliphatic heterocycles. The van der Waals surface area contributed by atoms with Gasteiger partial charge in [-0.25, -0.2) is 4.79 Å². The number of benzene rings is 2. The Morgan fingerprint density at radius 1 is 1.04 bits per heavy atom. The van der Waals surface area contributed by atoms with Gasteiger partial charge in [0.1, 0.15) is 17.3 Å². The number of amides is 1. The fraction of sp³-hybridized carbons (Fsp3) is 0.273. The highest BCUT2D eigenvalue weighted by molar-refractivity contribution is 5.90. The summed E-state index contributed by atoms with van der Waals surface area (Å²) in [5.74, 6) is -1.27. The molecule has 2 aromatic carbocycles. The lowest BCUT2D eigenvalue weighted by molar-refractivity contribution is -0.137. The second-order valence-electron chi connectivity index (χ2n) is 7.12. The first-order chi connectivity index (χ1) is 13.2. The Morgan fingerprint density at radius 3 is 2.14 bits per heavy atom. The summed E-state index contributed by atoms with van der Waals surface area (Å²) in [4.78, 5) is 25.7. The molecular weight excluding hydrogens is 358 g/mol. The van der Waals surface area contributed by atoms with Gasteiger partial charge in [-0.3, -0.25) is 9.69 Å². The third-order valence-electron chi connectivity index (χ3n) is 3.79. The second-order valence-corrected chi connectivity index (χ2v) is 7.12. The van der Waals surface area contributed by atoms with Crippen LogP contribution in [0.5, 0.6) is 5.75 Å². The van der Waals surface area contributed by atoms with Gasteiger partial charge in [0, 0.05) is 6.20 Å². The molecule has 28 heavy (non-hydrogen) atoms. The Bertz CT molecular complexity index is 822. The highest BCUT2D eigenvalue weighted by Gasteiger charge is 2.23. The quantitative estimate of drug-likeness (QED) is 0.774. The minimum absolute atomic E-state index is 0.531. The zero-order valence-corrected chi connectivity index (χ0v) is 16.5. The van der Waals surface area contributed by atoms with Gasteiger partial charge in [-0.1, -0.05) is 30.3 Å². The smallest absolute Gasteiger partial charge is 0.418 e. The van der Waals surface area contributed by atoms with Crippen LogP contribution in [0.25, 0.3) is 0 Å². The summed E-state index contributed by atoms with van der Waals surface area (Å²) >= 11 is 0. The molecule has 0 unspecified atom stereocenters. The van der Waals surface area contributed by atoms with Gasteiger partial charge in [-0.2, -0.15) is 0 Å². The Kier molecular flexibility index (Phi) is 6.82. The first kappa shape index (κ1) is 21.0. The van der Waals surface area contributed by atoms with Crippen LogP contribution >= 0.6 is 0 Å². The lowest BCUT2D eigenvalue weighted by Gasteiger charge is -2.25. The first-order valence-electron chi connectivity index (χ1n) is 8.83. The molecule has 0 aliphatic carbocycles. The van der Waals surface area contributed by atoms with Crippen molar-refractivity contribution in [1.29, 1.82) is 0 Å². The number of carbonyl (C=O) groups excluding carboxylic acids is 1. The molecule has 0 fully saturated rings. The van der Waals surface area contributed by atoms with Crippen molar-refractivity contribution < 1.29 is 24.2 Å². The van der Waals surface area contributed by atoms with E-state index in [0.717, 1.165) is 0 Å². The molecule has 0 saturated heterocycles. The summed E-state index contributed by atoms with van der Waals surface area (Å²) in [6.45, 7) is 5.31. The lowest BCUT2D eigenvalue weighted by atomic mass is 9.99. The molecule has 0 heterocycles. The first-order valence-corrected chi connectivity index (χ1v) is 8.83. The van der Waals surface area contributed by atoms with Gasteiger partial charge >= 0.3 is 12.1 Å². The molecule has 148 valence electrons. The number of carboxylic acid groups (broad SMARTS) is 1. The molecule has 2 aromatic rings. The van der Waals surface area contributed by atoms with Gasteiger partial charge < -0.3 is 14.6 Å². The van der Waals surface area contributed by atoms with Crippen LogP contribution in [-0.4, -0.2) is 29.9 Å². The number of rotatable bonds is 6. The average molecular weight is 383 g/mol. The normalized spacial score (nSPS) is 12.4. The van der Waals surface area contributed by atoms with Crippen LogP contribution in [-0.2, 0) is 9.53 Å². The number of aliphatic carboxylic acids is 1. The standard InChI is InChI=1S/C22H25NO5/c1-22(2,3)28-21(26)23(17-10-12-18(27-4)13-11-17)15-14-19(20(24)25)16-8-6-5-7-9-16/h5-15,19H,1-4H3,(H,24,25)/b15-14+/t19-/m1/s1. The Balaban J connectivity index is 2.37. The number of carbonyl (C=O) groups is 2. The van der Waals surface area contributed by atoms with Crippen LogP contribution in [0.1, 0.15) is 32.3 Å². The van der Waals surface area contributed by atoms with Crippen molar-refractivity contribution >= 4 is 17.7 Å². The zero-order chi connectivity index (χ0) is 20.7. The largest absolute Gasteiger partial charge is 0.497 e. The molecular formula is C22H25NO5. The molecule has 1 atom stereocenters. The van der Waals surface area contributed by atoms with E-state index >= 15 is 0 Å². The van der Waals surface area contributed by atoms with Gasteiger partial charge in [-0.05, 0) is 56.7 Å². The Hall–Kier alpha value is -3.28. The number of hydrogen-bond acceptors (Lipinski definition) is 4. The molecule has 0 aliphatic rings. The Morgan fingerprint density at radius 2 is 1.64 bits per heavy atom. The number of methoxy groups -OCH3 is 1.